The lowest BCUT2D eigenvalue weighted by Gasteiger charge is -2.14. The fraction of sp³-hybridized carbons (Fsp3) is 0.474. The quantitative estimate of drug-likeness (QED) is 0.856. The standard InChI is InChI=1S/C16H15F3N2O.C3H9N/c1-8-5-13(15(22)20-2)21-14-11(8)6-10(9-3-4-9)7-12(14)16(17,18)19;1-2-3-4/h5-7,9H,3-4H2,1-2H3,(H,20,22);2-4H2,1H3. The molecule has 0 spiro atoms. The Balaban J connectivity index is 0.000000552. The Kier molecular flexibility index (Phi) is 6.23. The van der Waals surface area contributed by atoms with Crippen molar-refractivity contribution in [3.05, 3.63) is 40.6 Å². The van der Waals surface area contributed by atoms with E-state index in [1.807, 2.05) is 0 Å². The minimum absolute atomic E-state index is 0.00262. The molecule has 1 saturated carbocycles. The maximum atomic E-state index is 13.4. The normalized spacial score (nSPS) is 14.0. The first-order chi connectivity index (χ1) is 12.2. The third-order valence-electron chi connectivity index (χ3n) is 4.25. The average Bonchev–Trinajstić information content (AvgIpc) is 3.44. The van der Waals surface area contributed by atoms with Gasteiger partial charge in [-0.1, -0.05) is 6.92 Å². The van der Waals surface area contributed by atoms with Gasteiger partial charge in [-0.2, -0.15) is 13.2 Å². The number of nitrogens with zero attached hydrogens (tertiary/aromatic N) is 1. The van der Waals surface area contributed by atoms with Crippen molar-refractivity contribution in [2.45, 2.75) is 45.2 Å². The Morgan fingerprint density at radius 1 is 1.31 bits per heavy atom. The highest BCUT2D eigenvalue weighted by Gasteiger charge is 2.36. The fourth-order valence-corrected chi connectivity index (χ4v) is 2.63. The van der Waals surface area contributed by atoms with Gasteiger partial charge >= 0.3 is 6.18 Å². The molecule has 1 heterocycles. The van der Waals surface area contributed by atoms with E-state index in [1.165, 1.54) is 19.2 Å². The minimum atomic E-state index is -4.50. The number of benzene rings is 1. The summed E-state index contributed by atoms with van der Waals surface area (Å²) in [4.78, 5) is 15.7. The van der Waals surface area contributed by atoms with Crippen molar-refractivity contribution in [2.75, 3.05) is 13.6 Å². The highest BCUT2D eigenvalue weighted by molar-refractivity contribution is 5.96. The van der Waals surface area contributed by atoms with Crippen LogP contribution in [-0.2, 0) is 6.18 Å². The van der Waals surface area contributed by atoms with Crippen LogP contribution in [0.15, 0.2) is 18.2 Å². The van der Waals surface area contributed by atoms with E-state index in [0.29, 0.717) is 16.5 Å². The molecule has 4 nitrogen and oxygen atoms in total. The van der Waals surface area contributed by atoms with E-state index >= 15 is 0 Å². The number of aryl methyl sites for hydroxylation is 1. The molecule has 0 unspecified atom stereocenters. The molecule has 3 N–H and O–H groups in total. The largest absolute Gasteiger partial charge is 0.418 e. The van der Waals surface area contributed by atoms with Crippen molar-refractivity contribution in [1.82, 2.24) is 10.3 Å². The number of halogens is 3. The lowest BCUT2D eigenvalue weighted by atomic mass is 9.98. The molecule has 142 valence electrons. The number of aromatic nitrogens is 1. The van der Waals surface area contributed by atoms with Crippen molar-refractivity contribution in [3.8, 4) is 0 Å². The number of hydrogen-bond acceptors (Lipinski definition) is 3. The molecule has 1 aliphatic carbocycles. The summed E-state index contributed by atoms with van der Waals surface area (Å²) in [6, 6.07) is 4.48. The molecule has 1 aliphatic rings. The van der Waals surface area contributed by atoms with Crippen molar-refractivity contribution < 1.29 is 18.0 Å². The van der Waals surface area contributed by atoms with Crippen LogP contribution in [0.5, 0.6) is 0 Å². The summed E-state index contributed by atoms with van der Waals surface area (Å²) in [5.74, 6) is -0.284. The first kappa shape index (κ1) is 20.2. The number of nitrogens with two attached hydrogens (primary N) is 1. The third kappa shape index (κ3) is 4.52. The van der Waals surface area contributed by atoms with Gasteiger partial charge in [-0.3, -0.25) is 4.79 Å². The van der Waals surface area contributed by atoms with Crippen LogP contribution in [0.2, 0.25) is 0 Å². The predicted molar refractivity (Wildman–Crippen MR) is 96.2 cm³/mol. The van der Waals surface area contributed by atoms with Crippen LogP contribution in [0.3, 0.4) is 0 Å². The number of carbonyl (C=O) groups excluding carboxylic acids is 1. The molecule has 3 rings (SSSR count). The van der Waals surface area contributed by atoms with Crippen LogP contribution in [0, 0.1) is 6.92 Å². The van der Waals surface area contributed by atoms with Gasteiger partial charge in [0.25, 0.3) is 5.91 Å². The molecule has 0 bridgehead atoms. The molecule has 1 aromatic carbocycles. The van der Waals surface area contributed by atoms with Crippen LogP contribution in [0.4, 0.5) is 13.2 Å². The molecule has 1 amide bonds. The molecule has 0 saturated heterocycles. The number of fused-ring (bicyclic) bond motifs is 1. The summed E-state index contributed by atoms with van der Waals surface area (Å²) in [5, 5.41) is 2.85. The molecule has 1 aromatic heterocycles. The monoisotopic (exact) mass is 367 g/mol. The van der Waals surface area contributed by atoms with Crippen molar-refractivity contribution in [1.29, 1.82) is 0 Å². The number of hydrogen-bond donors (Lipinski definition) is 2. The first-order valence-electron chi connectivity index (χ1n) is 8.67. The second-order valence-corrected chi connectivity index (χ2v) is 6.43. The zero-order valence-electron chi connectivity index (χ0n) is 15.2. The molecule has 0 atom stereocenters. The molecular weight excluding hydrogens is 343 g/mol. The third-order valence-corrected chi connectivity index (χ3v) is 4.25. The average molecular weight is 367 g/mol. The zero-order valence-corrected chi connectivity index (χ0v) is 15.2. The second kappa shape index (κ2) is 8.03. The number of rotatable bonds is 3. The van der Waals surface area contributed by atoms with E-state index < -0.39 is 17.6 Å². The summed E-state index contributed by atoms with van der Waals surface area (Å²) < 4.78 is 40.2. The van der Waals surface area contributed by atoms with E-state index in [2.05, 4.69) is 17.2 Å². The molecule has 2 aromatic rings. The van der Waals surface area contributed by atoms with Gasteiger partial charge in [0.2, 0.25) is 0 Å². The van der Waals surface area contributed by atoms with Gasteiger partial charge in [-0.15, -0.1) is 0 Å². The SMILES string of the molecule is CCCN.CNC(=O)c1cc(C)c2cc(C3CC3)cc(C(F)(F)F)c2n1. The van der Waals surface area contributed by atoms with Gasteiger partial charge in [-0.25, -0.2) is 4.98 Å². The lowest BCUT2D eigenvalue weighted by Crippen LogP contribution is -2.20. The minimum Gasteiger partial charge on any atom is -0.354 e. The van der Waals surface area contributed by atoms with Crippen molar-refractivity contribution in [3.63, 3.8) is 0 Å². The van der Waals surface area contributed by atoms with E-state index in [-0.39, 0.29) is 17.1 Å². The van der Waals surface area contributed by atoms with Crippen molar-refractivity contribution >= 4 is 16.8 Å². The second-order valence-electron chi connectivity index (χ2n) is 6.43. The number of carbonyl (C=O) groups is 1. The van der Waals surface area contributed by atoms with Gasteiger partial charge in [0.05, 0.1) is 11.1 Å². The van der Waals surface area contributed by atoms with Crippen LogP contribution in [-0.4, -0.2) is 24.5 Å². The topological polar surface area (TPSA) is 68.0 Å². The molecule has 0 radical (unpaired) electrons. The Hall–Kier alpha value is -2.15. The van der Waals surface area contributed by atoms with E-state index in [1.54, 1.807) is 13.0 Å². The van der Waals surface area contributed by atoms with Gasteiger partial charge in [0.1, 0.15) is 5.69 Å². The number of alkyl halides is 3. The number of amides is 1. The van der Waals surface area contributed by atoms with Crippen LogP contribution >= 0.6 is 0 Å². The molecule has 0 aliphatic heterocycles. The highest BCUT2D eigenvalue weighted by atomic mass is 19.4. The van der Waals surface area contributed by atoms with Gasteiger partial charge in [0.15, 0.2) is 0 Å². The maximum Gasteiger partial charge on any atom is 0.418 e. The van der Waals surface area contributed by atoms with Gasteiger partial charge in [-0.05, 0) is 68.0 Å². The van der Waals surface area contributed by atoms with Crippen LogP contribution < -0.4 is 11.1 Å². The lowest BCUT2D eigenvalue weighted by molar-refractivity contribution is -0.136. The molecule has 7 heteroatoms. The van der Waals surface area contributed by atoms with Crippen LogP contribution in [0.25, 0.3) is 10.9 Å². The van der Waals surface area contributed by atoms with E-state index in [4.69, 9.17) is 5.73 Å². The number of nitrogens with one attached hydrogen (secondary N) is 1. The predicted octanol–water partition coefficient (Wildman–Crippen LogP) is 4.15. The Morgan fingerprint density at radius 3 is 2.38 bits per heavy atom. The summed E-state index contributed by atoms with van der Waals surface area (Å²) in [7, 11) is 1.42. The Labute approximate surface area is 151 Å². The van der Waals surface area contributed by atoms with Gasteiger partial charge < -0.3 is 11.1 Å². The van der Waals surface area contributed by atoms with Gasteiger partial charge in [0, 0.05) is 12.4 Å². The highest BCUT2D eigenvalue weighted by Crippen LogP contribution is 2.44. The Morgan fingerprint density at radius 2 is 1.92 bits per heavy atom. The molecule has 26 heavy (non-hydrogen) atoms. The molecule has 1 fully saturated rings. The van der Waals surface area contributed by atoms with E-state index in [0.717, 1.165) is 25.8 Å². The summed E-state index contributed by atoms with van der Waals surface area (Å²) in [6.45, 7) is 4.58. The van der Waals surface area contributed by atoms with Crippen molar-refractivity contribution in [2.24, 2.45) is 5.73 Å². The summed E-state index contributed by atoms with van der Waals surface area (Å²) in [5.41, 5.74) is 5.43. The Bertz CT molecular complexity index is 797. The smallest absolute Gasteiger partial charge is 0.354 e. The van der Waals surface area contributed by atoms with Crippen LogP contribution in [0.1, 0.15) is 59.3 Å². The summed E-state index contributed by atoms with van der Waals surface area (Å²) in [6.07, 6.45) is -1.55. The van der Waals surface area contributed by atoms with E-state index in [9.17, 15) is 18.0 Å². The summed E-state index contributed by atoms with van der Waals surface area (Å²) >= 11 is 0. The maximum absolute atomic E-state index is 13.4. The first-order valence-corrected chi connectivity index (χ1v) is 8.67. The fourth-order valence-electron chi connectivity index (χ4n) is 2.63. The number of pyridine rings is 1. The zero-order chi connectivity index (χ0) is 19.5. The molecular formula is C19H24F3N3O.